The van der Waals surface area contributed by atoms with E-state index >= 15 is 0 Å². The summed E-state index contributed by atoms with van der Waals surface area (Å²) in [7, 11) is 0. The number of likely N-dealkylation sites (tertiary alicyclic amines) is 1. The fourth-order valence-corrected chi connectivity index (χ4v) is 3.29. The summed E-state index contributed by atoms with van der Waals surface area (Å²) in [5.41, 5.74) is 1.42. The quantitative estimate of drug-likeness (QED) is 0.856. The molecule has 1 aliphatic rings. The standard InChI is InChI=1S/C20H27N3O2/c1-15-14-18(21-23(15)20(2,3)4)19(24)22-12-10-17(11-13-22)25-16-8-6-5-7-9-16/h5-9,14,17H,10-13H2,1-4H3. The third kappa shape index (κ3) is 4.03. The van der Waals surface area contributed by atoms with Gasteiger partial charge in [0.1, 0.15) is 11.9 Å². The van der Waals surface area contributed by atoms with Gasteiger partial charge < -0.3 is 9.64 Å². The zero-order valence-corrected chi connectivity index (χ0v) is 15.5. The number of hydrogen-bond donors (Lipinski definition) is 0. The van der Waals surface area contributed by atoms with Crippen LogP contribution in [0.1, 0.15) is 49.8 Å². The maximum atomic E-state index is 12.8. The van der Waals surface area contributed by atoms with Gasteiger partial charge in [-0.2, -0.15) is 5.10 Å². The minimum atomic E-state index is -0.126. The van der Waals surface area contributed by atoms with Crippen molar-refractivity contribution in [2.75, 3.05) is 13.1 Å². The van der Waals surface area contributed by atoms with E-state index in [1.807, 2.05) is 52.9 Å². The molecule has 1 amide bonds. The van der Waals surface area contributed by atoms with Crippen LogP contribution in [0.4, 0.5) is 0 Å². The summed E-state index contributed by atoms with van der Waals surface area (Å²) < 4.78 is 7.92. The number of aryl methyl sites for hydroxylation is 1. The van der Waals surface area contributed by atoms with E-state index in [0.29, 0.717) is 18.8 Å². The number of carbonyl (C=O) groups is 1. The van der Waals surface area contributed by atoms with Crippen molar-refractivity contribution in [1.29, 1.82) is 0 Å². The van der Waals surface area contributed by atoms with Crippen molar-refractivity contribution < 1.29 is 9.53 Å². The fraction of sp³-hybridized carbons (Fsp3) is 0.500. The lowest BCUT2D eigenvalue weighted by molar-refractivity contribution is 0.0588. The van der Waals surface area contributed by atoms with Crippen molar-refractivity contribution in [3.8, 4) is 5.75 Å². The predicted octanol–water partition coefficient (Wildman–Crippen LogP) is 3.63. The number of para-hydroxylation sites is 1. The molecule has 0 bridgehead atoms. The molecule has 5 nitrogen and oxygen atoms in total. The van der Waals surface area contributed by atoms with Gasteiger partial charge in [-0.3, -0.25) is 9.48 Å². The van der Waals surface area contributed by atoms with E-state index in [-0.39, 0.29) is 17.6 Å². The van der Waals surface area contributed by atoms with Crippen LogP contribution in [0, 0.1) is 6.92 Å². The lowest BCUT2D eigenvalue weighted by Gasteiger charge is -2.31. The number of amides is 1. The first-order chi connectivity index (χ1) is 11.8. The summed E-state index contributed by atoms with van der Waals surface area (Å²) in [6, 6.07) is 11.8. The molecule has 1 fully saturated rings. The van der Waals surface area contributed by atoms with Gasteiger partial charge in [0, 0.05) is 31.6 Å². The molecule has 1 aliphatic heterocycles. The van der Waals surface area contributed by atoms with Crippen LogP contribution in [0.5, 0.6) is 5.75 Å². The molecule has 134 valence electrons. The smallest absolute Gasteiger partial charge is 0.274 e. The molecule has 1 aromatic carbocycles. The number of nitrogens with zero attached hydrogens (tertiary/aromatic N) is 3. The molecule has 0 atom stereocenters. The molecule has 0 radical (unpaired) electrons. The number of aromatic nitrogens is 2. The molecule has 0 saturated carbocycles. The van der Waals surface area contributed by atoms with Gasteiger partial charge in [0.05, 0.1) is 5.54 Å². The van der Waals surface area contributed by atoms with Crippen molar-refractivity contribution >= 4 is 5.91 Å². The zero-order valence-electron chi connectivity index (χ0n) is 15.5. The second-order valence-electron chi connectivity index (χ2n) is 7.68. The van der Waals surface area contributed by atoms with E-state index in [0.717, 1.165) is 24.3 Å². The van der Waals surface area contributed by atoms with Crippen LogP contribution in [0.3, 0.4) is 0 Å². The molecule has 0 spiro atoms. The second kappa shape index (κ2) is 6.90. The monoisotopic (exact) mass is 341 g/mol. The summed E-state index contributed by atoms with van der Waals surface area (Å²) in [6.45, 7) is 9.68. The van der Waals surface area contributed by atoms with Crippen LogP contribution >= 0.6 is 0 Å². The number of carbonyl (C=O) groups excluding carboxylic acids is 1. The summed E-state index contributed by atoms with van der Waals surface area (Å²) in [5.74, 6) is 0.913. The Labute approximate surface area is 149 Å². The highest BCUT2D eigenvalue weighted by atomic mass is 16.5. The van der Waals surface area contributed by atoms with Gasteiger partial charge in [-0.15, -0.1) is 0 Å². The lowest BCUT2D eigenvalue weighted by Crippen LogP contribution is -2.42. The van der Waals surface area contributed by atoms with E-state index in [9.17, 15) is 4.79 Å². The van der Waals surface area contributed by atoms with Crippen LogP contribution in [0.25, 0.3) is 0 Å². The van der Waals surface area contributed by atoms with Crippen molar-refractivity contribution in [3.05, 3.63) is 47.8 Å². The summed E-state index contributed by atoms with van der Waals surface area (Å²) in [4.78, 5) is 14.7. The van der Waals surface area contributed by atoms with Gasteiger partial charge in [-0.05, 0) is 45.9 Å². The van der Waals surface area contributed by atoms with E-state index in [1.165, 1.54) is 0 Å². The molecule has 0 N–H and O–H groups in total. The number of benzene rings is 1. The van der Waals surface area contributed by atoms with E-state index < -0.39 is 0 Å². The Morgan fingerprint density at radius 2 is 1.80 bits per heavy atom. The average molecular weight is 341 g/mol. The first kappa shape index (κ1) is 17.5. The minimum Gasteiger partial charge on any atom is -0.490 e. The van der Waals surface area contributed by atoms with Crippen molar-refractivity contribution in [3.63, 3.8) is 0 Å². The van der Waals surface area contributed by atoms with Crippen LogP contribution in [-0.4, -0.2) is 39.8 Å². The highest BCUT2D eigenvalue weighted by Crippen LogP contribution is 2.21. The molecule has 25 heavy (non-hydrogen) atoms. The molecule has 2 aromatic rings. The van der Waals surface area contributed by atoms with Crippen LogP contribution < -0.4 is 4.74 Å². The van der Waals surface area contributed by atoms with Crippen LogP contribution in [-0.2, 0) is 5.54 Å². The third-order valence-electron chi connectivity index (χ3n) is 4.52. The van der Waals surface area contributed by atoms with E-state index in [4.69, 9.17) is 4.74 Å². The number of piperidine rings is 1. The fourth-order valence-electron chi connectivity index (χ4n) is 3.29. The molecule has 0 aliphatic carbocycles. The molecule has 1 aromatic heterocycles. The van der Waals surface area contributed by atoms with Gasteiger partial charge in [-0.25, -0.2) is 0 Å². The molecular weight excluding hydrogens is 314 g/mol. The largest absolute Gasteiger partial charge is 0.490 e. The highest BCUT2D eigenvalue weighted by molar-refractivity contribution is 5.92. The maximum absolute atomic E-state index is 12.8. The Hall–Kier alpha value is -2.30. The lowest BCUT2D eigenvalue weighted by atomic mass is 10.1. The Balaban J connectivity index is 1.60. The van der Waals surface area contributed by atoms with Gasteiger partial charge >= 0.3 is 0 Å². The summed E-state index contributed by atoms with van der Waals surface area (Å²) in [6.07, 6.45) is 1.86. The van der Waals surface area contributed by atoms with Crippen molar-refractivity contribution in [2.45, 2.75) is 52.2 Å². The second-order valence-corrected chi connectivity index (χ2v) is 7.68. The van der Waals surface area contributed by atoms with E-state index in [2.05, 4.69) is 25.9 Å². The Morgan fingerprint density at radius 1 is 1.16 bits per heavy atom. The SMILES string of the molecule is Cc1cc(C(=O)N2CCC(Oc3ccccc3)CC2)nn1C(C)(C)C. The summed E-state index contributed by atoms with van der Waals surface area (Å²) >= 11 is 0. The normalized spacial score (nSPS) is 16.1. The summed E-state index contributed by atoms with van der Waals surface area (Å²) in [5, 5.41) is 4.54. The first-order valence-corrected chi connectivity index (χ1v) is 8.93. The Bertz CT molecular complexity index is 723. The van der Waals surface area contributed by atoms with Crippen molar-refractivity contribution in [1.82, 2.24) is 14.7 Å². The first-order valence-electron chi connectivity index (χ1n) is 8.93. The molecule has 2 heterocycles. The number of hydrogen-bond acceptors (Lipinski definition) is 3. The molecule has 0 unspecified atom stereocenters. The third-order valence-corrected chi connectivity index (χ3v) is 4.52. The zero-order chi connectivity index (χ0) is 18.0. The minimum absolute atomic E-state index is 0.0178. The molecule has 1 saturated heterocycles. The van der Waals surface area contributed by atoms with Crippen molar-refractivity contribution in [2.24, 2.45) is 0 Å². The van der Waals surface area contributed by atoms with Crippen LogP contribution in [0.15, 0.2) is 36.4 Å². The van der Waals surface area contributed by atoms with Gasteiger partial charge in [0.15, 0.2) is 5.69 Å². The highest BCUT2D eigenvalue weighted by Gasteiger charge is 2.27. The van der Waals surface area contributed by atoms with Gasteiger partial charge in [0.25, 0.3) is 5.91 Å². The maximum Gasteiger partial charge on any atom is 0.274 e. The predicted molar refractivity (Wildman–Crippen MR) is 98.0 cm³/mol. The Morgan fingerprint density at radius 3 is 2.36 bits per heavy atom. The molecular formula is C20H27N3O2. The van der Waals surface area contributed by atoms with Gasteiger partial charge in [-0.1, -0.05) is 18.2 Å². The Kier molecular flexibility index (Phi) is 4.84. The van der Waals surface area contributed by atoms with Gasteiger partial charge in [0.2, 0.25) is 0 Å². The number of rotatable bonds is 3. The topological polar surface area (TPSA) is 47.4 Å². The average Bonchev–Trinajstić information content (AvgIpc) is 2.98. The van der Waals surface area contributed by atoms with Crippen LogP contribution in [0.2, 0.25) is 0 Å². The van der Waals surface area contributed by atoms with E-state index in [1.54, 1.807) is 0 Å². The molecule has 5 heteroatoms. The molecule has 3 rings (SSSR count). The number of ether oxygens (including phenoxy) is 1.